The fraction of sp³-hybridized carbons (Fsp3) is 0.111. The molecule has 0 saturated carbocycles. The molecule has 100 valence electrons. The van der Waals surface area contributed by atoms with Gasteiger partial charge in [-0.05, 0) is 35.3 Å². The average molecular weight is 296 g/mol. The molecule has 0 N–H and O–H groups in total. The number of hydrogen-bond donors (Lipinski definition) is 2. The molecule has 0 saturated heterocycles. The summed E-state index contributed by atoms with van der Waals surface area (Å²) >= 11 is 9.19. The Morgan fingerprint density at radius 1 is 0.900 bits per heavy atom. The van der Waals surface area contributed by atoms with Crippen LogP contribution in [0.1, 0.15) is 17.5 Å². The summed E-state index contributed by atoms with van der Waals surface area (Å²) in [6.07, 6.45) is 7.51. The van der Waals surface area contributed by atoms with Gasteiger partial charge in [-0.15, -0.1) is 12.6 Å². The summed E-state index contributed by atoms with van der Waals surface area (Å²) in [7, 11) is 0. The number of benzene rings is 2. The summed E-state index contributed by atoms with van der Waals surface area (Å²) < 4.78 is -0.200. The van der Waals surface area contributed by atoms with E-state index in [-0.39, 0.29) is 4.75 Å². The molecule has 0 fully saturated rings. The zero-order valence-corrected chi connectivity index (χ0v) is 12.8. The van der Waals surface area contributed by atoms with Gasteiger partial charge >= 0.3 is 0 Å². The molecule has 0 amide bonds. The zero-order valence-electron chi connectivity index (χ0n) is 11.0. The Hall–Kier alpha value is -1.38. The zero-order chi connectivity index (χ0) is 14.0. The maximum Gasteiger partial charge on any atom is 0.0595 e. The first-order valence-electron chi connectivity index (χ1n) is 6.64. The van der Waals surface area contributed by atoms with Gasteiger partial charge in [0.25, 0.3) is 0 Å². The number of hydrogen-bond acceptors (Lipinski definition) is 2. The molecule has 2 heteroatoms. The minimum Gasteiger partial charge on any atom is -0.163 e. The van der Waals surface area contributed by atoms with Crippen LogP contribution in [0.2, 0.25) is 0 Å². The normalized spacial score (nSPS) is 21.6. The highest BCUT2D eigenvalue weighted by atomic mass is 32.1. The van der Waals surface area contributed by atoms with Gasteiger partial charge in [0.1, 0.15) is 0 Å². The van der Waals surface area contributed by atoms with Gasteiger partial charge in [0, 0.05) is 4.90 Å². The van der Waals surface area contributed by atoms with Gasteiger partial charge < -0.3 is 0 Å². The molecule has 20 heavy (non-hydrogen) atoms. The monoisotopic (exact) mass is 296 g/mol. The molecule has 3 rings (SSSR count). The predicted octanol–water partition coefficient (Wildman–Crippen LogP) is 5.14. The van der Waals surface area contributed by atoms with E-state index in [0.717, 1.165) is 11.3 Å². The Bertz CT molecular complexity index is 654. The Morgan fingerprint density at radius 3 is 2.20 bits per heavy atom. The van der Waals surface area contributed by atoms with Crippen LogP contribution >= 0.6 is 25.3 Å². The molecular formula is C18H16S2. The molecule has 0 spiro atoms. The Balaban J connectivity index is 1.85. The average Bonchev–Trinajstić information content (AvgIpc) is 2.50. The molecule has 0 heterocycles. The molecule has 1 atom stereocenters. The van der Waals surface area contributed by atoms with E-state index >= 15 is 0 Å². The highest BCUT2D eigenvalue weighted by Gasteiger charge is 2.25. The maximum atomic E-state index is 4.87. The van der Waals surface area contributed by atoms with Gasteiger partial charge in [0.05, 0.1) is 4.75 Å². The van der Waals surface area contributed by atoms with E-state index in [9.17, 15) is 0 Å². The summed E-state index contributed by atoms with van der Waals surface area (Å²) in [6.45, 7) is 0. The lowest BCUT2D eigenvalue weighted by atomic mass is 9.87. The van der Waals surface area contributed by atoms with Crippen LogP contribution in [0, 0.1) is 0 Å². The molecular weight excluding hydrogens is 280 g/mol. The van der Waals surface area contributed by atoms with Crippen LogP contribution < -0.4 is 0 Å². The lowest BCUT2D eigenvalue weighted by Crippen LogP contribution is -2.16. The van der Waals surface area contributed by atoms with Crippen molar-refractivity contribution in [3.63, 3.8) is 0 Å². The second-order valence-corrected chi connectivity index (χ2v) is 6.35. The topological polar surface area (TPSA) is 0 Å². The van der Waals surface area contributed by atoms with Crippen molar-refractivity contribution in [2.24, 2.45) is 0 Å². The van der Waals surface area contributed by atoms with E-state index < -0.39 is 0 Å². The second kappa shape index (κ2) is 5.55. The van der Waals surface area contributed by atoms with Gasteiger partial charge in [0.15, 0.2) is 0 Å². The number of rotatable bonds is 2. The van der Waals surface area contributed by atoms with Crippen LogP contribution in [-0.2, 0) is 4.75 Å². The van der Waals surface area contributed by atoms with Gasteiger partial charge in [0.2, 0.25) is 0 Å². The highest BCUT2D eigenvalue weighted by molar-refractivity contribution is 7.81. The SMILES string of the molecule is Sc1ccc(C2=CCC(S)(c3ccccc3)C=C2)cc1. The molecule has 0 aromatic heterocycles. The molecule has 0 nitrogen and oxygen atoms in total. The van der Waals surface area contributed by atoms with Gasteiger partial charge in [-0.2, -0.15) is 12.6 Å². The Kier molecular flexibility index (Phi) is 3.77. The fourth-order valence-electron chi connectivity index (χ4n) is 2.44. The van der Waals surface area contributed by atoms with Crippen molar-refractivity contribution in [3.8, 4) is 0 Å². The summed E-state index contributed by atoms with van der Waals surface area (Å²) in [6, 6.07) is 18.7. The third kappa shape index (κ3) is 2.72. The summed E-state index contributed by atoms with van der Waals surface area (Å²) in [5, 5.41) is 0. The number of allylic oxidation sites excluding steroid dienone is 3. The first-order chi connectivity index (χ1) is 9.67. The van der Waals surface area contributed by atoms with Crippen LogP contribution in [0.15, 0.2) is 77.7 Å². The summed E-state index contributed by atoms with van der Waals surface area (Å²) in [5.41, 5.74) is 3.71. The molecule has 0 radical (unpaired) electrons. The van der Waals surface area contributed by atoms with Gasteiger partial charge in [-0.25, -0.2) is 0 Å². The van der Waals surface area contributed by atoms with Crippen LogP contribution in [0.5, 0.6) is 0 Å². The molecule has 1 unspecified atom stereocenters. The fourth-order valence-corrected chi connectivity index (χ4v) is 2.90. The van der Waals surface area contributed by atoms with Crippen LogP contribution in [-0.4, -0.2) is 0 Å². The molecule has 2 aromatic rings. The van der Waals surface area contributed by atoms with Crippen molar-refractivity contribution >= 4 is 30.8 Å². The summed E-state index contributed by atoms with van der Waals surface area (Å²) in [5.74, 6) is 0. The van der Waals surface area contributed by atoms with Crippen LogP contribution in [0.25, 0.3) is 5.57 Å². The van der Waals surface area contributed by atoms with Crippen LogP contribution in [0.3, 0.4) is 0 Å². The van der Waals surface area contributed by atoms with Crippen molar-refractivity contribution < 1.29 is 0 Å². The third-order valence-electron chi connectivity index (χ3n) is 3.65. The maximum absolute atomic E-state index is 4.87. The van der Waals surface area contributed by atoms with E-state index in [1.807, 2.05) is 18.2 Å². The largest absolute Gasteiger partial charge is 0.163 e. The standard InChI is InChI=1S/C18H16S2/c19-17-8-6-14(7-9-17)15-10-12-18(20,13-11-15)16-4-2-1-3-5-16/h1-12,19-20H,13H2. The quantitative estimate of drug-likeness (QED) is 0.704. The Labute approximate surface area is 131 Å². The van der Waals surface area contributed by atoms with E-state index in [4.69, 9.17) is 12.6 Å². The lowest BCUT2D eigenvalue weighted by molar-refractivity contribution is 0.789. The van der Waals surface area contributed by atoms with E-state index in [0.29, 0.717) is 0 Å². The van der Waals surface area contributed by atoms with Gasteiger partial charge in [-0.1, -0.05) is 60.7 Å². The van der Waals surface area contributed by atoms with E-state index in [2.05, 4.69) is 67.3 Å². The van der Waals surface area contributed by atoms with Crippen molar-refractivity contribution in [2.45, 2.75) is 16.1 Å². The smallest absolute Gasteiger partial charge is 0.0595 e. The molecule has 0 aliphatic heterocycles. The minimum atomic E-state index is -0.200. The van der Waals surface area contributed by atoms with E-state index in [1.165, 1.54) is 16.7 Å². The second-order valence-electron chi connectivity index (χ2n) is 5.03. The first-order valence-corrected chi connectivity index (χ1v) is 7.53. The van der Waals surface area contributed by atoms with E-state index in [1.54, 1.807) is 0 Å². The van der Waals surface area contributed by atoms with Crippen molar-refractivity contribution in [2.75, 3.05) is 0 Å². The minimum absolute atomic E-state index is 0.200. The Morgan fingerprint density at radius 2 is 1.60 bits per heavy atom. The molecule has 1 aliphatic rings. The highest BCUT2D eigenvalue weighted by Crippen LogP contribution is 2.39. The summed E-state index contributed by atoms with van der Waals surface area (Å²) in [4.78, 5) is 0.988. The van der Waals surface area contributed by atoms with Crippen molar-refractivity contribution in [3.05, 3.63) is 84.0 Å². The van der Waals surface area contributed by atoms with Crippen molar-refractivity contribution in [1.82, 2.24) is 0 Å². The van der Waals surface area contributed by atoms with Crippen molar-refractivity contribution in [1.29, 1.82) is 0 Å². The third-order valence-corrected chi connectivity index (χ3v) is 4.53. The van der Waals surface area contributed by atoms with Gasteiger partial charge in [-0.3, -0.25) is 0 Å². The predicted molar refractivity (Wildman–Crippen MR) is 92.5 cm³/mol. The lowest BCUT2D eigenvalue weighted by Gasteiger charge is -2.27. The van der Waals surface area contributed by atoms with Crippen LogP contribution in [0.4, 0.5) is 0 Å². The molecule has 0 bridgehead atoms. The molecule has 2 aromatic carbocycles. The number of thiol groups is 2. The molecule has 1 aliphatic carbocycles. The first kappa shape index (κ1) is 13.6.